The predicted molar refractivity (Wildman–Crippen MR) is 50.1 cm³/mol. The molecule has 0 bridgehead atoms. The van der Waals surface area contributed by atoms with Crippen molar-refractivity contribution >= 4 is 5.78 Å². The fourth-order valence-electron chi connectivity index (χ4n) is 1.81. The van der Waals surface area contributed by atoms with Crippen molar-refractivity contribution in [3.63, 3.8) is 0 Å². The molecule has 0 aromatic rings. The molecule has 70 valence electrons. The predicted octanol–water partition coefficient (Wildman–Crippen LogP) is 1.70. The minimum Gasteiger partial charge on any atom is -0.303 e. The fourth-order valence-corrected chi connectivity index (χ4v) is 1.81. The number of hydrogen-bond acceptors (Lipinski definition) is 2. The number of ketones is 1. The monoisotopic (exact) mass is 169 g/mol. The SMILES string of the molecule is CC(=O)CCN1CCC[C@@H](C)C1. The lowest BCUT2D eigenvalue weighted by Gasteiger charge is -2.30. The summed E-state index contributed by atoms with van der Waals surface area (Å²) in [6.07, 6.45) is 3.39. The first-order valence-corrected chi connectivity index (χ1v) is 4.90. The zero-order chi connectivity index (χ0) is 8.97. The summed E-state index contributed by atoms with van der Waals surface area (Å²) in [5.41, 5.74) is 0. The summed E-state index contributed by atoms with van der Waals surface area (Å²) >= 11 is 0. The van der Waals surface area contributed by atoms with Gasteiger partial charge in [0.1, 0.15) is 5.78 Å². The maximum Gasteiger partial charge on any atom is 0.131 e. The van der Waals surface area contributed by atoms with Gasteiger partial charge in [0.2, 0.25) is 0 Å². The Morgan fingerprint density at radius 1 is 1.58 bits per heavy atom. The summed E-state index contributed by atoms with van der Waals surface area (Å²) < 4.78 is 0. The summed E-state index contributed by atoms with van der Waals surface area (Å²) in [5, 5.41) is 0. The molecule has 1 saturated heterocycles. The highest BCUT2D eigenvalue weighted by molar-refractivity contribution is 5.75. The Hall–Kier alpha value is -0.370. The van der Waals surface area contributed by atoms with Crippen LogP contribution in [-0.2, 0) is 4.79 Å². The van der Waals surface area contributed by atoms with E-state index < -0.39 is 0 Å². The van der Waals surface area contributed by atoms with Gasteiger partial charge in [-0.3, -0.25) is 4.79 Å². The molecular formula is C10H19NO. The Balaban J connectivity index is 2.18. The van der Waals surface area contributed by atoms with Crippen LogP contribution in [0.25, 0.3) is 0 Å². The molecule has 2 nitrogen and oxygen atoms in total. The molecule has 1 aliphatic heterocycles. The van der Waals surface area contributed by atoms with Crippen molar-refractivity contribution in [1.29, 1.82) is 0 Å². The number of carbonyl (C=O) groups is 1. The summed E-state index contributed by atoms with van der Waals surface area (Å²) in [6, 6.07) is 0. The van der Waals surface area contributed by atoms with Crippen LogP contribution in [0.2, 0.25) is 0 Å². The molecular weight excluding hydrogens is 150 g/mol. The molecule has 1 aliphatic rings. The Morgan fingerprint density at radius 3 is 2.92 bits per heavy atom. The lowest BCUT2D eigenvalue weighted by atomic mass is 10.0. The van der Waals surface area contributed by atoms with E-state index >= 15 is 0 Å². The third kappa shape index (κ3) is 3.35. The first kappa shape index (κ1) is 9.72. The Labute approximate surface area is 74.9 Å². The van der Waals surface area contributed by atoms with Crippen molar-refractivity contribution in [2.24, 2.45) is 5.92 Å². The van der Waals surface area contributed by atoms with Gasteiger partial charge < -0.3 is 4.90 Å². The summed E-state index contributed by atoms with van der Waals surface area (Å²) in [7, 11) is 0. The lowest BCUT2D eigenvalue weighted by Crippen LogP contribution is -2.35. The molecule has 1 atom stereocenters. The number of carbonyl (C=O) groups excluding carboxylic acids is 1. The van der Waals surface area contributed by atoms with Crippen LogP contribution in [0.15, 0.2) is 0 Å². The molecule has 0 spiro atoms. The number of hydrogen-bond donors (Lipinski definition) is 0. The molecule has 0 saturated carbocycles. The first-order valence-electron chi connectivity index (χ1n) is 4.90. The van der Waals surface area contributed by atoms with Gasteiger partial charge in [0.25, 0.3) is 0 Å². The van der Waals surface area contributed by atoms with Gasteiger partial charge in [-0.15, -0.1) is 0 Å². The third-order valence-electron chi connectivity index (χ3n) is 2.52. The van der Waals surface area contributed by atoms with Crippen molar-refractivity contribution in [3.8, 4) is 0 Å². The topological polar surface area (TPSA) is 20.3 Å². The Kier molecular flexibility index (Phi) is 3.73. The quantitative estimate of drug-likeness (QED) is 0.641. The number of rotatable bonds is 3. The van der Waals surface area contributed by atoms with Crippen molar-refractivity contribution in [1.82, 2.24) is 4.90 Å². The molecule has 12 heavy (non-hydrogen) atoms. The summed E-state index contributed by atoms with van der Waals surface area (Å²) in [5.74, 6) is 1.14. The average Bonchev–Trinajstić information content (AvgIpc) is 2.01. The van der Waals surface area contributed by atoms with E-state index in [1.807, 2.05) is 0 Å². The Bertz CT molecular complexity index is 156. The molecule has 0 amide bonds. The highest BCUT2D eigenvalue weighted by Crippen LogP contribution is 2.15. The summed E-state index contributed by atoms with van der Waals surface area (Å²) in [6.45, 7) is 7.32. The van der Waals surface area contributed by atoms with E-state index in [0.29, 0.717) is 5.78 Å². The van der Waals surface area contributed by atoms with E-state index in [9.17, 15) is 4.79 Å². The second kappa shape index (κ2) is 4.61. The van der Waals surface area contributed by atoms with E-state index in [1.165, 1.54) is 25.9 Å². The zero-order valence-corrected chi connectivity index (χ0v) is 8.18. The smallest absolute Gasteiger partial charge is 0.131 e. The van der Waals surface area contributed by atoms with Crippen LogP contribution in [0.3, 0.4) is 0 Å². The maximum absolute atomic E-state index is 10.7. The normalized spacial score (nSPS) is 25.7. The van der Waals surface area contributed by atoms with E-state index in [4.69, 9.17) is 0 Å². The molecule has 0 aliphatic carbocycles. The number of Topliss-reactive ketones (excluding diaryl/α,β-unsaturated/α-hetero) is 1. The van der Waals surface area contributed by atoms with Crippen molar-refractivity contribution < 1.29 is 4.79 Å². The van der Waals surface area contributed by atoms with Gasteiger partial charge in [0, 0.05) is 19.5 Å². The van der Waals surface area contributed by atoms with Crippen LogP contribution in [0, 0.1) is 5.92 Å². The molecule has 0 aromatic heterocycles. The highest BCUT2D eigenvalue weighted by Gasteiger charge is 2.15. The maximum atomic E-state index is 10.7. The molecule has 0 N–H and O–H groups in total. The van der Waals surface area contributed by atoms with Crippen molar-refractivity contribution in [3.05, 3.63) is 0 Å². The van der Waals surface area contributed by atoms with Gasteiger partial charge in [-0.05, 0) is 32.2 Å². The molecule has 1 rings (SSSR count). The van der Waals surface area contributed by atoms with Crippen molar-refractivity contribution in [2.45, 2.75) is 33.1 Å². The standard InChI is InChI=1S/C10H19NO/c1-9-4-3-6-11(8-9)7-5-10(2)12/h9H,3-8H2,1-2H3/t9-/m1/s1. The van der Waals surface area contributed by atoms with Gasteiger partial charge in [-0.25, -0.2) is 0 Å². The molecule has 0 unspecified atom stereocenters. The van der Waals surface area contributed by atoms with Crippen molar-refractivity contribution in [2.75, 3.05) is 19.6 Å². The minimum absolute atomic E-state index is 0.313. The van der Waals surface area contributed by atoms with Gasteiger partial charge in [-0.2, -0.15) is 0 Å². The Morgan fingerprint density at radius 2 is 2.33 bits per heavy atom. The van der Waals surface area contributed by atoms with Crippen LogP contribution in [-0.4, -0.2) is 30.3 Å². The van der Waals surface area contributed by atoms with Crippen LogP contribution in [0.5, 0.6) is 0 Å². The van der Waals surface area contributed by atoms with Crippen LogP contribution in [0.4, 0.5) is 0 Å². The van der Waals surface area contributed by atoms with E-state index in [0.717, 1.165) is 18.9 Å². The second-order valence-corrected chi connectivity index (χ2v) is 4.00. The largest absolute Gasteiger partial charge is 0.303 e. The van der Waals surface area contributed by atoms with Gasteiger partial charge >= 0.3 is 0 Å². The molecule has 2 heteroatoms. The van der Waals surface area contributed by atoms with E-state index in [1.54, 1.807) is 6.92 Å². The summed E-state index contributed by atoms with van der Waals surface area (Å²) in [4.78, 5) is 13.2. The minimum atomic E-state index is 0.313. The number of likely N-dealkylation sites (tertiary alicyclic amines) is 1. The number of piperidine rings is 1. The molecule has 1 heterocycles. The van der Waals surface area contributed by atoms with Gasteiger partial charge in [-0.1, -0.05) is 6.92 Å². The van der Waals surface area contributed by atoms with Crippen LogP contribution < -0.4 is 0 Å². The van der Waals surface area contributed by atoms with Gasteiger partial charge in [0.05, 0.1) is 0 Å². The highest BCUT2D eigenvalue weighted by atomic mass is 16.1. The first-order chi connectivity index (χ1) is 5.68. The van der Waals surface area contributed by atoms with Crippen LogP contribution in [0.1, 0.15) is 33.1 Å². The lowest BCUT2D eigenvalue weighted by molar-refractivity contribution is -0.117. The van der Waals surface area contributed by atoms with E-state index in [2.05, 4.69) is 11.8 Å². The second-order valence-electron chi connectivity index (χ2n) is 4.00. The molecule has 1 fully saturated rings. The van der Waals surface area contributed by atoms with Gasteiger partial charge in [0.15, 0.2) is 0 Å². The zero-order valence-electron chi connectivity index (χ0n) is 8.18. The number of nitrogens with zero attached hydrogens (tertiary/aromatic N) is 1. The molecule has 0 aromatic carbocycles. The average molecular weight is 169 g/mol. The molecule has 0 radical (unpaired) electrons. The van der Waals surface area contributed by atoms with E-state index in [-0.39, 0.29) is 0 Å². The third-order valence-corrected chi connectivity index (χ3v) is 2.52. The van der Waals surface area contributed by atoms with Crippen LogP contribution >= 0.6 is 0 Å². The fraction of sp³-hybridized carbons (Fsp3) is 0.900.